The van der Waals surface area contributed by atoms with Crippen LogP contribution >= 0.6 is 23.2 Å². The number of benzene rings is 3. The molecule has 0 unspecified atom stereocenters. The molecule has 0 aliphatic carbocycles. The second-order valence-electron chi connectivity index (χ2n) is 8.92. The predicted octanol–water partition coefficient (Wildman–Crippen LogP) is 5.15. The summed E-state index contributed by atoms with van der Waals surface area (Å²) < 4.78 is 12.0. The van der Waals surface area contributed by atoms with Crippen LogP contribution in [0.1, 0.15) is 36.1 Å². The molecular formula is C28H24Cl2N2O5. The summed E-state index contributed by atoms with van der Waals surface area (Å²) in [4.78, 5) is 32.9. The maximum absolute atomic E-state index is 14.1. The summed E-state index contributed by atoms with van der Waals surface area (Å²) in [6.45, 7) is 1.80. The Kier molecular flexibility index (Phi) is 6.94. The average molecular weight is 539 g/mol. The lowest BCUT2D eigenvalue weighted by atomic mass is 9.78. The van der Waals surface area contributed by atoms with Crippen LogP contribution in [0.15, 0.2) is 71.7 Å². The summed E-state index contributed by atoms with van der Waals surface area (Å²) in [5.74, 6) is 0.00146. The molecule has 2 amide bonds. The standard InChI is InChI=1S/C28H24Cl2N2O5/c1-17(34)32-24-6-3-2-5-19(24)16-28(27(32)35)25(22-12-9-20(29)15-23(22)30)37-26(31-28)18-7-10-21(11-8-18)36-14-4-13-33/h2-3,5-12,15,25,33H,4,13-14,16H2,1H3/t25-,28-/m1/s1. The number of anilines is 1. The number of para-hydroxylation sites is 1. The molecule has 2 aliphatic rings. The number of ether oxygens (including phenoxy) is 2. The van der Waals surface area contributed by atoms with E-state index in [9.17, 15) is 9.59 Å². The molecule has 0 aromatic heterocycles. The number of halogens is 2. The molecule has 2 aliphatic heterocycles. The van der Waals surface area contributed by atoms with Gasteiger partial charge in [-0.1, -0.05) is 47.5 Å². The van der Waals surface area contributed by atoms with Gasteiger partial charge in [-0.15, -0.1) is 0 Å². The summed E-state index contributed by atoms with van der Waals surface area (Å²) >= 11 is 12.7. The fourth-order valence-corrected chi connectivity index (χ4v) is 5.25. The van der Waals surface area contributed by atoms with Crippen LogP contribution in [0.2, 0.25) is 10.0 Å². The average Bonchev–Trinajstić information content (AvgIpc) is 3.25. The number of aliphatic hydroxyl groups is 1. The highest BCUT2D eigenvalue weighted by atomic mass is 35.5. The minimum absolute atomic E-state index is 0.0495. The molecule has 7 nitrogen and oxygen atoms in total. The first-order valence-corrected chi connectivity index (χ1v) is 12.6. The van der Waals surface area contributed by atoms with Crippen molar-refractivity contribution in [1.82, 2.24) is 0 Å². The van der Waals surface area contributed by atoms with Gasteiger partial charge in [0.1, 0.15) is 5.75 Å². The highest BCUT2D eigenvalue weighted by Gasteiger charge is 2.58. The highest BCUT2D eigenvalue weighted by Crippen LogP contribution is 2.49. The van der Waals surface area contributed by atoms with E-state index < -0.39 is 23.5 Å². The van der Waals surface area contributed by atoms with E-state index in [1.807, 2.05) is 12.1 Å². The van der Waals surface area contributed by atoms with Gasteiger partial charge in [0, 0.05) is 47.5 Å². The Hall–Kier alpha value is -3.39. The van der Waals surface area contributed by atoms with Crippen molar-refractivity contribution >= 4 is 46.6 Å². The maximum atomic E-state index is 14.1. The highest BCUT2D eigenvalue weighted by molar-refractivity contribution is 6.35. The third-order valence-corrected chi connectivity index (χ3v) is 7.02. The molecule has 2 heterocycles. The van der Waals surface area contributed by atoms with Crippen molar-refractivity contribution in [3.05, 3.63) is 93.5 Å². The molecule has 1 spiro atoms. The number of imide groups is 1. The van der Waals surface area contributed by atoms with Gasteiger partial charge in [-0.2, -0.15) is 0 Å². The number of rotatable bonds is 6. The number of fused-ring (bicyclic) bond motifs is 1. The lowest BCUT2D eigenvalue weighted by Gasteiger charge is -2.39. The summed E-state index contributed by atoms with van der Waals surface area (Å²) in [6, 6.07) is 19.4. The summed E-state index contributed by atoms with van der Waals surface area (Å²) in [6.07, 6.45) is -0.142. The number of amides is 2. The summed E-state index contributed by atoms with van der Waals surface area (Å²) in [5, 5.41) is 9.74. The van der Waals surface area contributed by atoms with Crippen LogP contribution in [0.3, 0.4) is 0 Å². The van der Waals surface area contributed by atoms with Crippen molar-refractivity contribution in [2.75, 3.05) is 18.1 Å². The fourth-order valence-electron chi connectivity index (χ4n) is 4.74. The number of aliphatic hydroxyl groups excluding tert-OH is 1. The molecule has 0 bridgehead atoms. The zero-order valence-electron chi connectivity index (χ0n) is 20.0. The molecule has 5 rings (SSSR count). The number of hydrogen-bond donors (Lipinski definition) is 1. The van der Waals surface area contributed by atoms with Gasteiger partial charge < -0.3 is 14.6 Å². The number of carbonyl (C=O) groups is 2. The first-order chi connectivity index (χ1) is 17.8. The largest absolute Gasteiger partial charge is 0.494 e. The van der Waals surface area contributed by atoms with E-state index in [2.05, 4.69) is 0 Å². The number of carbonyl (C=O) groups excluding carboxylic acids is 2. The summed E-state index contributed by atoms with van der Waals surface area (Å²) in [7, 11) is 0. The first-order valence-electron chi connectivity index (χ1n) is 11.8. The summed E-state index contributed by atoms with van der Waals surface area (Å²) in [5.41, 5.74) is 1.07. The molecular weight excluding hydrogens is 515 g/mol. The van der Waals surface area contributed by atoms with Crippen LogP contribution in [0.4, 0.5) is 5.69 Å². The maximum Gasteiger partial charge on any atom is 0.266 e. The molecule has 37 heavy (non-hydrogen) atoms. The van der Waals surface area contributed by atoms with Gasteiger partial charge in [0.25, 0.3) is 5.91 Å². The fraction of sp³-hybridized carbons (Fsp3) is 0.250. The Morgan fingerprint density at radius 3 is 2.62 bits per heavy atom. The first kappa shape index (κ1) is 25.3. The molecule has 0 radical (unpaired) electrons. The number of nitrogens with zero attached hydrogens (tertiary/aromatic N) is 2. The zero-order valence-corrected chi connectivity index (χ0v) is 21.5. The van der Waals surface area contributed by atoms with E-state index in [0.717, 1.165) is 5.56 Å². The molecule has 0 fully saturated rings. The topological polar surface area (TPSA) is 88.4 Å². The van der Waals surface area contributed by atoms with Crippen molar-refractivity contribution in [1.29, 1.82) is 0 Å². The van der Waals surface area contributed by atoms with Gasteiger partial charge in [0.2, 0.25) is 11.8 Å². The van der Waals surface area contributed by atoms with E-state index in [4.69, 9.17) is 42.8 Å². The van der Waals surface area contributed by atoms with Crippen LogP contribution in [0, 0.1) is 0 Å². The molecule has 0 saturated heterocycles. The minimum Gasteiger partial charge on any atom is -0.494 e. The Morgan fingerprint density at radius 1 is 1.16 bits per heavy atom. The van der Waals surface area contributed by atoms with Gasteiger partial charge in [0.05, 0.1) is 12.3 Å². The second-order valence-corrected chi connectivity index (χ2v) is 9.76. The van der Waals surface area contributed by atoms with Gasteiger partial charge in [-0.3, -0.25) is 9.59 Å². The third-order valence-electron chi connectivity index (χ3n) is 6.46. The molecule has 2 atom stereocenters. The van der Waals surface area contributed by atoms with Crippen molar-refractivity contribution in [2.24, 2.45) is 4.99 Å². The smallest absolute Gasteiger partial charge is 0.266 e. The quantitative estimate of drug-likeness (QED) is 0.438. The predicted molar refractivity (Wildman–Crippen MR) is 142 cm³/mol. The van der Waals surface area contributed by atoms with Gasteiger partial charge in [-0.05, 0) is 48.0 Å². The molecule has 0 saturated carbocycles. The van der Waals surface area contributed by atoms with Crippen LogP contribution in [0.5, 0.6) is 5.75 Å². The number of hydrogen-bond acceptors (Lipinski definition) is 6. The number of aliphatic imine (C=N–C) groups is 1. The Labute approximate surface area is 224 Å². The van der Waals surface area contributed by atoms with Crippen LogP contribution in [0.25, 0.3) is 0 Å². The second kappa shape index (κ2) is 10.2. The van der Waals surface area contributed by atoms with E-state index in [0.29, 0.717) is 45.6 Å². The Morgan fingerprint density at radius 2 is 1.92 bits per heavy atom. The van der Waals surface area contributed by atoms with E-state index in [-0.39, 0.29) is 18.9 Å². The SMILES string of the molecule is CC(=O)N1C(=O)[C@]2(Cc3ccccc31)N=C(c1ccc(OCCCO)cc1)O[C@@H]2c1ccc(Cl)cc1Cl. The van der Waals surface area contributed by atoms with E-state index >= 15 is 0 Å². The third kappa shape index (κ3) is 4.59. The van der Waals surface area contributed by atoms with E-state index in [1.165, 1.54) is 11.8 Å². The lowest BCUT2D eigenvalue weighted by molar-refractivity contribution is -0.131. The van der Waals surface area contributed by atoms with Crippen LogP contribution < -0.4 is 9.64 Å². The van der Waals surface area contributed by atoms with Gasteiger partial charge in [-0.25, -0.2) is 9.89 Å². The van der Waals surface area contributed by atoms with Crippen molar-refractivity contribution < 1.29 is 24.2 Å². The molecule has 1 N–H and O–H groups in total. The lowest BCUT2D eigenvalue weighted by Crippen LogP contribution is -2.56. The normalized spacial score (nSPS) is 20.4. The monoisotopic (exact) mass is 538 g/mol. The van der Waals surface area contributed by atoms with E-state index in [1.54, 1.807) is 54.6 Å². The Bertz CT molecular complexity index is 1390. The zero-order chi connectivity index (χ0) is 26.2. The van der Waals surface area contributed by atoms with Crippen LogP contribution in [-0.4, -0.2) is 41.6 Å². The Balaban J connectivity index is 1.61. The van der Waals surface area contributed by atoms with Crippen molar-refractivity contribution in [3.63, 3.8) is 0 Å². The molecule has 9 heteroatoms. The minimum atomic E-state index is -1.46. The van der Waals surface area contributed by atoms with Crippen LogP contribution in [-0.2, 0) is 20.7 Å². The molecule has 190 valence electrons. The van der Waals surface area contributed by atoms with Gasteiger partial charge >= 0.3 is 0 Å². The molecule has 3 aromatic carbocycles. The van der Waals surface area contributed by atoms with Gasteiger partial charge in [0.15, 0.2) is 11.6 Å². The van der Waals surface area contributed by atoms with Crippen molar-refractivity contribution in [2.45, 2.75) is 31.4 Å². The van der Waals surface area contributed by atoms with Crippen molar-refractivity contribution in [3.8, 4) is 5.75 Å². The molecule has 3 aromatic rings.